The first-order valence-electron chi connectivity index (χ1n) is 7.54. The number of hydrogen-bond donors (Lipinski definition) is 1. The number of halogens is 1. The molecule has 2 aliphatic rings. The molecule has 2 aromatic rings. The van der Waals surface area contributed by atoms with E-state index in [4.69, 9.17) is 4.99 Å². The number of amidine groups is 1. The van der Waals surface area contributed by atoms with Crippen LogP contribution in [0.2, 0.25) is 0 Å². The van der Waals surface area contributed by atoms with Crippen LogP contribution in [0, 0.1) is 0 Å². The Morgan fingerprint density at radius 1 is 1.25 bits per heavy atom. The van der Waals surface area contributed by atoms with E-state index in [9.17, 15) is 5.11 Å². The van der Waals surface area contributed by atoms with Crippen molar-refractivity contribution in [2.24, 2.45) is 10.1 Å². The van der Waals surface area contributed by atoms with E-state index >= 15 is 0 Å². The number of benzene rings is 1. The summed E-state index contributed by atoms with van der Waals surface area (Å²) in [4.78, 5) is 4.71. The van der Waals surface area contributed by atoms with Crippen molar-refractivity contribution in [1.82, 2.24) is 10.1 Å². The van der Waals surface area contributed by atoms with Gasteiger partial charge in [0.2, 0.25) is 0 Å². The molecule has 0 bridgehead atoms. The number of aliphatic imine (C=N–C) groups is 1. The normalized spacial score (nSPS) is 18.4. The molecule has 24 heavy (non-hydrogen) atoms. The molecular weight excluding hydrogens is 366 g/mol. The van der Waals surface area contributed by atoms with Gasteiger partial charge >= 0.3 is 10.3 Å². The van der Waals surface area contributed by atoms with Crippen LogP contribution in [0.4, 0.5) is 5.13 Å². The SMILES string of the molecule is CCC1=NN2C(=Nc3sc(CC)n[n+]3C2c2ccccc2O)S1.[Cl-]. The van der Waals surface area contributed by atoms with Gasteiger partial charge in [-0.2, -0.15) is 10.1 Å². The zero-order chi connectivity index (χ0) is 16.0. The van der Waals surface area contributed by atoms with Crippen LogP contribution in [-0.4, -0.2) is 25.4 Å². The van der Waals surface area contributed by atoms with E-state index < -0.39 is 0 Å². The van der Waals surface area contributed by atoms with Crippen molar-refractivity contribution in [2.45, 2.75) is 32.9 Å². The predicted octanol–water partition coefficient (Wildman–Crippen LogP) is 0.0229. The molecule has 6 nitrogen and oxygen atoms in total. The number of phenolic OH excluding ortho intramolecular Hbond substituents is 1. The van der Waals surface area contributed by atoms with Gasteiger partial charge in [0.15, 0.2) is 0 Å². The highest BCUT2D eigenvalue weighted by Crippen LogP contribution is 2.39. The number of aromatic nitrogens is 2. The summed E-state index contributed by atoms with van der Waals surface area (Å²) in [5.74, 6) is 0.244. The Bertz CT molecular complexity index is 835. The van der Waals surface area contributed by atoms with Gasteiger partial charge in [0.05, 0.1) is 5.56 Å². The van der Waals surface area contributed by atoms with Gasteiger partial charge in [-0.15, -0.1) is 0 Å². The molecule has 0 saturated carbocycles. The fourth-order valence-corrected chi connectivity index (χ4v) is 4.34. The van der Waals surface area contributed by atoms with Crippen molar-refractivity contribution in [3.63, 3.8) is 0 Å². The summed E-state index contributed by atoms with van der Waals surface area (Å²) in [7, 11) is 0. The largest absolute Gasteiger partial charge is 1.00 e. The molecule has 1 N–H and O–H groups in total. The standard InChI is InChI=1S/C15H15N5OS2.ClH/c1-3-11-17-19-13(9-7-5-6-8-10(9)21)20-15(16-14(19)22-11)23-12(4-2)18-20;/h5-8,13H,3-4H2,1-2H3;1H. The van der Waals surface area contributed by atoms with Crippen LogP contribution in [-0.2, 0) is 6.42 Å². The second-order valence-electron chi connectivity index (χ2n) is 5.20. The lowest BCUT2D eigenvalue weighted by molar-refractivity contribution is -0.770. The van der Waals surface area contributed by atoms with Gasteiger partial charge in [-0.3, -0.25) is 0 Å². The number of hydrogen-bond acceptors (Lipinski definition) is 7. The summed E-state index contributed by atoms with van der Waals surface area (Å²) in [6.45, 7) is 4.16. The minimum Gasteiger partial charge on any atom is -1.00 e. The Balaban J connectivity index is 0.00000169. The smallest absolute Gasteiger partial charge is 0.409 e. The number of nitrogens with zero attached hydrogens (tertiary/aromatic N) is 5. The van der Waals surface area contributed by atoms with Crippen LogP contribution in [0.5, 0.6) is 5.75 Å². The Kier molecular flexibility index (Phi) is 4.80. The molecule has 1 unspecified atom stereocenters. The van der Waals surface area contributed by atoms with Crippen LogP contribution in [0.1, 0.15) is 37.0 Å². The van der Waals surface area contributed by atoms with Crippen LogP contribution in [0.15, 0.2) is 34.4 Å². The van der Waals surface area contributed by atoms with Crippen molar-refractivity contribution in [1.29, 1.82) is 0 Å². The number of para-hydroxylation sites is 1. The zero-order valence-corrected chi connectivity index (χ0v) is 15.6. The summed E-state index contributed by atoms with van der Waals surface area (Å²) in [5.41, 5.74) is 0.779. The molecule has 0 saturated heterocycles. The van der Waals surface area contributed by atoms with E-state index in [1.54, 1.807) is 29.2 Å². The molecule has 1 aromatic carbocycles. The number of fused-ring (bicyclic) bond motifs is 2. The summed E-state index contributed by atoms with van der Waals surface area (Å²) in [6, 6.07) is 7.35. The molecule has 0 spiro atoms. The van der Waals surface area contributed by atoms with Crippen molar-refractivity contribution in [3.05, 3.63) is 34.8 Å². The first-order valence-corrected chi connectivity index (χ1v) is 9.17. The number of rotatable bonds is 3. The molecule has 0 fully saturated rings. The average molecular weight is 382 g/mol. The third-order valence-corrected chi connectivity index (χ3v) is 5.86. The van der Waals surface area contributed by atoms with E-state index in [0.717, 1.165) is 38.8 Å². The van der Waals surface area contributed by atoms with E-state index in [1.807, 2.05) is 27.9 Å². The fourth-order valence-electron chi connectivity index (χ4n) is 2.58. The summed E-state index contributed by atoms with van der Waals surface area (Å²) in [5, 5.41) is 25.3. The molecule has 126 valence electrons. The molecule has 0 amide bonds. The Morgan fingerprint density at radius 3 is 2.75 bits per heavy atom. The maximum Gasteiger partial charge on any atom is 0.409 e. The first kappa shape index (κ1) is 17.2. The summed E-state index contributed by atoms with van der Waals surface area (Å²) >= 11 is 3.18. The molecule has 3 heterocycles. The highest BCUT2D eigenvalue weighted by molar-refractivity contribution is 8.26. The van der Waals surface area contributed by atoms with Gasteiger partial charge in [0.1, 0.15) is 15.8 Å². The summed E-state index contributed by atoms with van der Waals surface area (Å²) in [6.07, 6.45) is 1.42. The minimum absolute atomic E-state index is 0. The minimum atomic E-state index is -0.299. The Hall–Kier alpha value is -1.64. The molecule has 2 aliphatic heterocycles. The van der Waals surface area contributed by atoms with Crippen LogP contribution in [0.25, 0.3) is 0 Å². The second-order valence-corrected chi connectivity index (χ2v) is 7.28. The van der Waals surface area contributed by atoms with Gasteiger partial charge in [-0.05, 0) is 41.7 Å². The number of phenols is 1. The quantitative estimate of drug-likeness (QED) is 0.761. The Morgan fingerprint density at radius 2 is 2.04 bits per heavy atom. The van der Waals surface area contributed by atoms with Gasteiger partial charge in [0, 0.05) is 11.4 Å². The molecule has 1 aromatic heterocycles. The lowest BCUT2D eigenvalue weighted by Gasteiger charge is -2.23. The third-order valence-electron chi connectivity index (χ3n) is 3.72. The van der Waals surface area contributed by atoms with Crippen LogP contribution in [0.3, 0.4) is 0 Å². The van der Waals surface area contributed by atoms with Gasteiger partial charge in [-0.1, -0.05) is 35.8 Å². The topological polar surface area (TPSA) is 65.0 Å². The van der Waals surface area contributed by atoms with E-state index in [2.05, 4.69) is 24.0 Å². The van der Waals surface area contributed by atoms with E-state index in [1.165, 1.54) is 0 Å². The van der Waals surface area contributed by atoms with E-state index in [-0.39, 0.29) is 24.3 Å². The maximum atomic E-state index is 10.3. The highest BCUT2D eigenvalue weighted by Gasteiger charge is 2.45. The van der Waals surface area contributed by atoms with Crippen molar-refractivity contribution in [3.8, 4) is 5.75 Å². The molecule has 1 atom stereocenters. The lowest BCUT2D eigenvalue weighted by Crippen LogP contribution is -3.00. The van der Waals surface area contributed by atoms with Crippen molar-refractivity contribution < 1.29 is 22.2 Å². The van der Waals surface area contributed by atoms with E-state index in [0.29, 0.717) is 0 Å². The molecular formula is C15H16ClN5OS2. The third kappa shape index (κ3) is 2.68. The lowest BCUT2D eigenvalue weighted by atomic mass is 10.1. The average Bonchev–Trinajstić information content (AvgIpc) is 3.16. The van der Waals surface area contributed by atoms with Crippen LogP contribution >= 0.6 is 23.1 Å². The van der Waals surface area contributed by atoms with Crippen LogP contribution < -0.4 is 17.1 Å². The van der Waals surface area contributed by atoms with Crippen molar-refractivity contribution in [2.75, 3.05) is 0 Å². The number of aryl methyl sites for hydroxylation is 1. The zero-order valence-electron chi connectivity index (χ0n) is 13.2. The number of thioether (sulfide) groups is 1. The molecule has 0 aliphatic carbocycles. The Labute approximate surface area is 154 Å². The molecule has 9 heteroatoms. The second kappa shape index (κ2) is 6.70. The van der Waals surface area contributed by atoms with Gasteiger partial charge in [0.25, 0.3) is 6.17 Å². The highest BCUT2D eigenvalue weighted by atomic mass is 35.5. The first-order chi connectivity index (χ1) is 11.2. The molecule has 0 radical (unpaired) electrons. The van der Waals surface area contributed by atoms with Gasteiger partial charge in [-0.25, -0.2) is 0 Å². The number of hydrazone groups is 1. The predicted molar refractivity (Wildman–Crippen MR) is 92.2 cm³/mol. The monoisotopic (exact) mass is 381 g/mol. The molecule has 4 rings (SSSR count). The van der Waals surface area contributed by atoms with Gasteiger partial charge < -0.3 is 17.5 Å². The van der Waals surface area contributed by atoms with Crippen molar-refractivity contribution >= 4 is 38.4 Å². The maximum absolute atomic E-state index is 10.3. The number of aromatic hydroxyl groups is 1. The fraction of sp³-hybridized carbons (Fsp3) is 0.333. The summed E-state index contributed by atoms with van der Waals surface area (Å²) < 4.78 is 1.87.